The van der Waals surface area contributed by atoms with E-state index in [1.807, 2.05) is 56.3 Å². The fraction of sp³-hybridized carbons (Fsp3) is 0.231. The third-order valence-electron chi connectivity index (χ3n) is 6.37. The lowest BCUT2D eigenvalue weighted by atomic mass is 10.1. The number of fused-ring (bicyclic) bond motifs is 4. The first-order valence-corrected chi connectivity index (χ1v) is 13.1. The number of thioether (sulfide) groups is 1. The zero-order valence-corrected chi connectivity index (χ0v) is 20.5. The van der Waals surface area contributed by atoms with Gasteiger partial charge in [-0.1, -0.05) is 42.1 Å². The van der Waals surface area contributed by atoms with Crippen molar-refractivity contribution in [3.63, 3.8) is 0 Å². The van der Waals surface area contributed by atoms with Crippen molar-refractivity contribution in [2.24, 2.45) is 0 Å². The van der Waals surface area contributed by atoms with Crippen LogP contribution in [0.15, 0.2) is 57.2 Å². The van der Waals surface area contributed by atoms with Crippen molar-refractivity contribution in [3.8, 4) is 5.69 Å². The Bertz CT molecular complexity index is 1690. The van der Waals surface area contributed by atoms with E-state index in [4.69, 9.17) is 9.97 Å². The second-order valence-electron chi connectivity index (χ2n) is 8.63. The van der Waals surface area contributed by atoms with Crippen LogP contribution in [-0.4, -0.2) is 19.5 Å². The molecule has 0 bridgehead atoms. The van der Waals surface area contributed by atoms with Gasteiger partial charge in [0.15, 0.2) is 5.16 Å². The Morgan fingerprint density at radius 3 is 2.65 bits per heavy atom. The molecule has 5 aromatic rings. The van der Waals surface area contributed by atoms with Gasteiger partial charge in [0.1, 0.15) is 10.7 Å². The Hall–Kier alpha value is -3.23. The molecule has 34 heavy (non-hydrogen) atoms. The molecular formula is C26H22N4O2S2. The maximum Gasteiger partial charge on any atom is 0.266 e. The molecule has 0 amide bonds. The van der Waals surface area contributed by atoms with Crippen molar-refractivity contribution in [3.05, 3.63) is 90.6 Å². The zero-order valence-electron chi connectivity index (χ0n) is 18.8. The van der Waals surface area contributed by atoms with Crippen LogP contribution >= 0.6 is 23.1 Å². The molecule has 0 atom stereocenters. The van der Waals surface area contributed by atoms with Crippen molar-refractivity contribution in [1.29, 1.82) is 0 Å². The zero-order chi connectivity index (χ0) is 23.4. The monoisotopic (exact) mass is 486 g/mol. The van der Waals surface area contributed by atoms with E-state index in [2.05, 4.69) is 4.98 Å². The topological polar surface area (TPSA) is 80.6 Å². The average Bonchev–Trinajstić information content (AvgIpc) is 3.40. The first kappa shape index (κ1) is 21.3. The van der Waals surface area contributed by atoms with Crippen molar-refractivity contribution in [2.75, 3.05) is 0 Å². The summed E-state index contributed by atoms with van der Waals surface area (Å²) in [5, 5.41) is 1.91. The second kappa shape index (κ2) is 8.21. The summed E-state index contributed by atoms with van der Waals surface area (Å²) in [4.78, 5) is 41.2. The molecule has 6 rings (SSSR count). The number of thiophene rings is 1. The fourth-order valence-electron chi connectivity index (χ4n) is 4.81. The minimum atomic E-state index is -0.0999. The molecule has 0 unspecified atom stereocenters. The highest BCUT2D eigenvalue weighted by Gasteiger charge is 2.22. The maximum atomic E-state index is 13.6. The van der Waals surface area contributed by atoms with Gasteiger partial charge >= 0.3 is 0 Å². The number of aromatic nitrogens is 4. The molecule has 2 aromatic carbocycles. The summed E-state index contributed by atoms with van der Waals surface area (Å²) in [6.07, 6.45) is 3.10. The lowest BCUT2D eigenvalue weighted by Gasteiger charge is -2.17. The molecular weight excluding hydrogens is 464 g/mol. The van der Waals surface area contributed by atoms with E-state index < -0.39 is 0 Å². The molecule has 0 fully saturated rings. The van der Waals surface area contributed by atoms with Gasteiger partial charge in [-0.05, 0) is 61.9 Å². The number of rotatable bonds is 4. The summed E-state index contributed by atoms with van der Waals surface area (Å²) >= 11 is 3.05. The molecule has 0 saturated heterocycles. The van der Waals surface area contributed by atoms with Gasteiger partial charge in [-0.25, -0.2) is 9.97 Å². The Balaban J connectivity index is 1.46. The van der Waals surface area contributed by atoms with Gasteiger partial charge in [0.05, 0.1) is 27.7 Å². The maximum absolute atomic E-state index is 13.6. The minimum Gasteiger partial charge on any atom is -0.309 e. The lowest BCUT2D eigenvalue weighted by Crippen LogP contribution is -2.23. The molecule has 0 radical (unpaired) electrons. The summed E-state index contributed by atoms with van der Waals surface area (Å²) in [6, 6.07) is 13.4. The number of aromatic amines is 1. The van der Waals surface area contributed by atoms with Gasteiger partial charge < -0.3 is 4.98 Å². The summed E-state index contributed by atoms with van der Waals surface area (Å²) in [6.45, 7) is 4.00. The normalized spacial score (nSPS) is 13.1. The molecule has 1 aliphatic rings. The first-order chi connectivity index (χ1) is 16.5. The predicted octanol–water partition coefficient (Wildman–Crippen LogP) is 5.08. The fourth-order valence-corrected chi connectivity index (χ4v) is 6.96. The molecule has 170 valence electrons. The molecule has 0 spiro atoms. The summed E-state index contributed by atoms with van der Waals surface area (Å²) in [7, 11) is 0. The smallest absolute Gasteiger partial charge is 0.266 e. The van der Waals surface area contributed by atoms with Gasteiger partial charge in [-0.15, -0.1) is 11.3 Å². The Kier molecular flexibility index (Phi) is 5.15. The molecule has 3 aromatic heterocycles. The van der Waals surface area contributed by atoms with Crippen molar-refractivity contribution < 1.29 is 0 Å². The third-order valence-corrected chi connectivity index (χ3v) is 8.51. The number of aryl methyl sites for hydroxylation is 4. The van der Waals surface area contributed by atoms with Gasteiger partial charge in [-0.3, -0.25) is 14.2 Å². The average molecular weight is 487 g/mol. The number of H-pyrrole nitrogens is 1. The van der Waals surface area contributed by atoms with Crippen LogP contribution in [0.5, 0.6) is 0 Å². The van der Waals surface area contributed by atoms with Crippen LogP contribution in [0.4, 0.5) is 0 Å². The van der Waals surface area contributed by atoms with E-state index in [1.165, 1.54) is 22.2 Å². The largest absolute Gasteiger partial charge is 0.309 e. The van der Waals surface area contributed by atoms with E-state index in [-0.39, 0.29) is 11.1 Å². The van der Waals surface area contributed by atoms with Crippen molar-refractivity contribution >= 4 is 44.2 Å². The van der Waals surface area contributed by atoms with E-state index in [0.29, 0.717) is 27.6 Å². The molecule has 6 nitrogen and oxygen atoms in total. The van der Waals surface area contributed by atoms with Crippen molar-refractivity contribution in [2.45, 2.75) is 44.0 Å². The van der Waals surface area contributed by atoms with Gasteiger partial charge in [0, 0.05) is 4.88 Å². The highest BCUT2D eigenvalue weighted by atomic mass is 32.2. The quantitative estimate of drug-likeness (QED) is 0.283. The van der Waals surface area contributed by atoms with Crippen LogP contribution in [0.2, 0.25) is 0 Å². The Morgan fingerprint density at radius 1 is 1.03 bits per heavy atom. The highest BCUT2D eigenvalue weighted by Crippen LogP contribution is 2.35. The predicted molar refractivity (Wildman–Crippen MR) is 139 cm³/mol. The standard InChI is InChI=1S/C26H22N4O2S2/c1-14-7-5-8-15(2)22(14)30-25(32)16-9-3-4-11-18(16)27-26(30)33-13-20-28-23(31)21-17-10-6-12-19(17)34-24(21)29-20/h3-5,7-9,11H,6,10,12-13H2,1-2H3,(H,28,29,31). The van der Waals surface area contributed by atoms with Gasteiger partial charge in [0.2, 0.25) is 0 Å². The molecule has 0 aliphatic heterocycles. The van der Waals surface area contributed by atoms with Crippen molar-refractivity contribution in [1.82, 2.24) is 19.5 Å². The third kappa shape index (κ3) is 3.40. The number of hydrogen-bond acceptors (Lipinski definition) is 6. The summed E-state index contributed by atoms with van der Waals surface area (Å²) in [5.41, 5.74) is 4.51. The van der Waals surface area contributed by atoms with Crippen LogP contribution < -0.4 is 11.1 Å². The van der Waals surface area contributed by atoms with E-state index in [9.17, 15) is 9.59 Å². The lowest BCUT2D eigenvalue weighted by molar-refractivity contribution is 0.807. The molecule has 1 N–H and O–H groups in total. The molecule has 8 heteroatoms. The second-order valence-corrected chi connectivity index (χ2v) is 10.7. The summed E-state index contributed by atoms with van der Waals surface area (Å²) < 4.78 is 1.70. The van der Waals surface area contributed by atoms with Gasteiger partial charge in [0.25, 0.3) is 11.1 Å². The van der Waals surface area contributed by atoms with Crippen LogP contribution in [0.3, 0.4) is 0 Å². The van der Waals surface area contributed by atoms with Crippen LogP contribution in [0.1, 0.15) is 33.8 Å². The van der Waals surface area contributed by atoms with Crippen LogP contribution in [-0.2, 0) is 18.6 Å². The number of nitrogens with one attached hydrogen (secondary N) is 1. The SMILES string of the molecule is Cc1cccc(C)c1-n1c(SCc2nc3sc4c(c3c(=O)[nH]2)CCC4)nc2ccccc2c1=O. The van der Waals surface area contributed by atoms with Crippen LogP contribution in [0, 0.1) is 13.8 Å². The number of benzene rings is 2. The molecule has 1 aliphatic carbocycles. The van der Waals surface area contributed by atoms with Gasteiger partial charge in [-0.2, -0.15) is 0 Å². The molecule has 0 saturated carbocycles. The van der Waals surface area contributed by atoms with E-state index in [0.717, 1.165) is 46.3 Å². The number of hydrogen-bond donors (Lipinski definition) is 1. The molecule has 3 heterocycles. The van der Waals surface area contributed by atoms with E-state index in [1.54, 1.807) is 15.9 Å². The Labute approximate surface area is 203 Å². The highest BCUT2D eigenvalue weighted by molar-refractivity contribution is 7.98. The summed E-state index contributed by atoms with van der Waals surface area (Å²) in [5.74, 6) is 1.00. The van der Waals surface area contributed by atoms with Crippen LogP contribution in [0.25, 0.3) is 26.8 Å². The number of para-hydroxylation sites is 2. The first-order valence-electron chi connectivity index (χ1n) is 11.3. The minimum absolute atomic E-state index is 0.0707. The van der Waals surface area contributed by atoms with E-state index >= 15 is 0 Å². The number of nitrogens with zero attached hydrogens (tertiary/aromatic N) is 3. The Morgan fingerprint density at radius 2 is 1.82 bits per heavy atom.